The molecule has 119 heavy (non-hydrogen) atoms. The summed E-state index contributed by atoms with van der Waals surface area (Å²) in [6.07, 6.45) is 4.71. The number of aliphatic carboxylic acids is 3. The van der Waals surface area contributed by atoms with E-state index in [1.54, 1.807) is 102 Å². The number of alkyl halides is 8. The van der Waals surface area contributed by atoms with Crippen molar-refractivity contribution in [2.45, 2.75) is 149 Å². The minimum absolute atomic E-state index is 0.125. The molecule has 4 N–H and O–H groups in total. The topological polar surface area (TPSA) is 344 Å². The summed E-state index contributed by atoms with van der Waals surface area (Å²) in [4.78, 5) is 45.6. The second kappa shape index (κ2) is 31.3. The van der Waals surface area contributed by atoms with Crippen LogP contribution in [0.1, 0.15) is 121 Å². The highest BCUT2D eigenvalue weighted by molar-refractivity contribution is 8.00. The number of benzene rings is 5. The maximum atomic E-state index is 14.6. The molecular weight excluding hydrogens is 1650 g/mol. The van der Waals surface area contributed by atoms with Crippen LogP contribution >= 0.6 is 0 Å². The van der Waals surface area contributed by atoms with Crippen molar-refractivity contribution in [2.75, 3.05) is 23.0 Å². The summed E-state index contributed by atoms with van der Waals surface area (Å²) in [5, 5.41) is 43.8. The Morgan fingerprint density at radius 1 is 0.454 bits per heavy atom. The van der Waals surface area contributed by atoms with Crippen LogP contribution in [0.4, 0.5) is 39.5 Å². The SMILES string of the molecule is C=S1(=O)CCC(F)(F)c2cc(Cc3c(C)n(Cc4nn[nH]n4)c4ccc(F)cc34)ccc21.Cc1c(Cc2ccc3c(c2)C(F)(F)CCS3(=O)=O)c2cccnc2n1CC(=O)O.Cc1c(Cc2ccc3c(c2)C(F)(F)CCS3(=O)=O)c2cnccc2n1CC(=O)O.Cc1c(Cc2ccc3c(c2)C(F)(F)CCS3(=O)=O)c2ncccc2n1CC(=O)O. The van der Waals surface area contributed by atoms with Crippen molar-refractivity contribution in [1.29, 1.82) is 0 Å². The molecule has 0 bridgehead atoms. The van der Waals surface area contributed by atoms with Crippen LogP contribution in [0, 0.1) is 33.5 Å². The summed E-state index contributed by atoms with van der Waals surface area (Å²) in [5.41, 5.74) is 9.81. The number of pyridine rings is 3. The average Bonchev–Trinajstić information content (AvgIpc) is 1.72. The second-order valence-electron chi connectivity index (χ2n) is 29.7. The van der Waals surface area contributed by atoms with Gasteiger partial charge in [0.05, 0.1) is 55.0 Å². The summed E-state index contributed by atoms with van der Waals surface area (Å²) in [6.45, 7) is 6.78. The molecule has 0 aliphatic carbocycles. The van der Waals surface area contributed by atoms with E-state index in [0.29, 0.717) is 85.7 Å². The molecule has 24 nitrogen and oxygen atoms in total. The van der Waals surface area contributed by atoms with Gasteiger partial charge >= 0.3 is 17.9 Å². The molecular formula is C82H74F9N11O13S4. The number of nitrogens with one attached hydrogen (secondary N) is 1. The Kier molecular flexibility index (Phi) is 22.1. The first-order valence-electron chi connectivity index (χ1n) is 37.0. The second-order valence-corrected chi connectivity index (χ2v) is 38.4. The van der Waals surface area contributed by atoms with Crippen LogP contribution in [0.3, 0.4) is 0 Å². The summed E-state index contributed by atoms with van der Waals surface area (Å²) in [5.74, 6) is -13.8. The number of rotatable bonds is 16. The van der Waals surface area contributed by atoms with Gasteiger partial charge in [0.25, 0.3) is 23.7 Å². The third kappa shape index (κ3) is 16.5. The van der Waals surface area contributed by atoms with Crippen LogP contribution in [-0.2, 0) is 129 Å². The molecule has 1 unspecified atom stereocenters. The monoisotopic (exact) mass is 1720 g/mol. The molecule has 0 saturated carbocycles. The third-order valence-electron chi connectivity index (χ3n) is 22.1. The van der Waals surface area contributed by atoms with E-state index in [1.165, 1.54) is 78.9 Å². The number of sulfone groups is 3. The first kappa shape index (κ1) is 83.9. The van der Waals surface area contributed by atoms with Crippen LogP contribution < -0.4 is 0 Å². The lowest BCUT2D eigenvalue weighted by Gasteiger charge is -2.28. The molecule has 0 saturated heterocycles. The summed E-state index contributed by atoms with van der Waals surface area (Å²) in [7, 11) is -13.9. The number of tetrazole rings is 1. The van der Waals surface area contributed by atoms with E-state index >= 15 is 0 Å². The number of hydrogen-bond donors (Lipinski definition) is 4. The van der Waals surface area contributed by atoms with Crippen LogP contribution in [0.2, 0.25) is 0 Å². The van der Waals surface area contributed by atoms with Gasteiger partial charge in [-0.15, -0.1) is 10.2 Å². The molecule has 17 rings (SSSR count). The lowest BCUT2D eigenvalue weighted by molar-refractivity contribution is -0.138. The Morgan fingerprint density at radius 3 is 1.37 bits per heavy atom. The lowest BCUT2D eigenvalue weighted by Crippen LogP contribution is -2.28. The average molecular weight is 1720 g/mol. The van der Waals surface area contributed by atoms with E-state index in [9.17, 15) is 98.7 Å². The fourth-order valence-electron chi connectivity index (χ4n) is 16.0. The predicted octanol–water partition coefficient (Wildman–Crippen LogP) is 13.7. The van der Waals surface area contributed by atoms with Gasteiger partial charge in [-0.2, -0.15) is 5.21 Å². The molecule has 37 heteroatoms. The molecule has 12 heterocycles. The fourth-order valence-corrected chi connectivity index (χ4v) is 22.5. The van der Waals surface area contributed by atoms with Gasteiger partial charge in [0.2, 0.25) is 0 Å². The van der Waals surface area contributed by atoms with Gasteiger partial charge in [0.1, 0.15) is 31.1 Å². The molecule has 0 fully saturated rings. The maximum absolute atomic E-state index is 14.6. The number of H-pyrrole nitrogens is 1. The highest BCUT2D eigenvalue weighted by Gasteiger charge is 2.47. The number of fused-ring (bicyclic) bond motifs is 8. The van der Waals surface area contributed by atoms with E-state index in [-0.39, 0.29) is 75.6 Å². The van der Waals surface area contributed by atoms with Gasteiger partial charge in [0, 0.05) is 140 Å². The molecule has 4 aliphatic rings. The van der Waals surface area contributed by atoms with Gasteiger partial charge < -0.3 is 33.6 Å². The largest absolute Gasteiger partial charge is 0.480 e. The number of carboxylic acids is 3. The summed E-state index contributed by atoms with van der Waals surface area (Å²) >= 11 is 0. The fraction of sp³-hybridized carbons (Fsp3) is 0.293. The number of nitrogens with zero attached hydrogens (tertiary/aromatic N) is 10. The zero-order valence-electron chi connectivity index (χ0n) is 63.8. The number of halogens is 9. The van der Waals surface area contributed by atoms with Gasteiger partial charge in [-0.1, -0.05) is 29.5 Å². The first-order chi connectivity index (χ1) is 56.0. The van der Waals surface area contributed by atoms with Crippen LogP contribution in [0.5, 0.6) is 0 Å². The highest BCUT2D eigenvalue weighted by atomic mass is 32.2. The van der Waals surface area contributed by atoms with Crippen LogP contribution in [0.25, 0.3) is 43.9 Å². The minimum atomic E-state index is -3.72. The maximum Gasteiger partial charge on any atom is 0.323 e. The number of carboxylic acid groups (broad SMARTS) is 3. The van der Waals surface area contributed by atoms with Gasteiger partial charge in [0.15, 0.2) is 35.3 Å². The molecule has 0 amide bonds. The Labute approximate surface area is 674 Å². The van der Waals surface area contributed by atoms with E-state index in [4.69, 9.17) is 0 Å². The van der Waals surface area contributed by atoms with E-state index < -0.39 is 140 Å². The zero-order chi connectivity index (χ0) is 85.6. The Balaban J connectivity index is 0.000000130. The highest BCUT2D eigenvalue weighted by Crippen LogP contribution is 2.47. The van der Waals surface area contributed by atoms with Crippen molar-refractivity contribution >= 4 is 107 Å². The third-order valence-corrected chi connectivity index (χ3v) is 29.5. The van der Waals surface area contributed by atoms with Gasteiger partial charge in [-0.3, -0.25) is 28.6 Å². The number of carbonyl (C=O) groups is 3. The molecule has 1 atom stereocenters. The van der Waals surface area contributed by atoms with Crippen molar-refractivity contribution in [1.82, 2.24) is 53.8 Å². The zero-order valence-corrected chi connectivity index (χ0v) is 67.1. The van der Waals surface area contributed by atoms with Crippen LogP contribution in [-0.4, -0.2) is 145 Å². The van der Waals surface area contributed by atoms with Crippen molar-refractivity contribution in [3.63, 3.8) is 0 Å². The first-order valence-corrected chi connectivity index (χ1v) is 43.8. The van der Waals surface area contributed by atoms with Crippen molar-refractivity contribution in [2.24, 2.45) is 0 Å². The molecule has 8 aromatic heterocycles. The summed E-state index contributed by atoms with van der Waals surface area (Å²) < 4.78 is 222. The predicted molar refractivity (Wildman–Crippen MR) is 422 cm³/mol. The molecule has 0 radical (unpaired) electrons. The molecule has 13 aromatic rings. The number of aromatic amines is 1. The van der Waals surface area contributed by atoms with E-state index in [2.05, 4.69) is 41.4 Å². The molecule has 622 valence electrons. The standard InChI is InChI=1S/C22H20F3N5OS.3C20H18F2N2O4S/c1-13-16(9-14-3-6-20-18(10-14)22(24,25)7-8-32(20,2)31)17-11-15(23)4-5-19(17)30(13)12-21-26-28-29-27-21;1-12-14(15-10-23-6-4-17(15)24(12)11-19(25)26)8-13-2-3-18-16(9-13)20(21,22)5-7-29(18,27)28;1-12-14(19-16(3-2-7-23-19)24(12)11-18(25)26)9-13-4-5-17-15(10-13)20(21,22)6-8-29(17,27)28;1-12-15(14-3-2-7-23-19(14)24(12)11-18(25)26)9-13-4-5-17-16(10-13)20(21,22)6-8-29(17,27)28/h3-6,10-11H,2,7-9,12H2,1H3,(H,26,27,28,29);2-4,6,9-10H,5,7-8,11H2,1H3,(H,25,26);2*2-5,7,10H,6,8-9,11H2,1H3,(H,25,26). The van der Waals surface area contributed by atoms with Gasteiger partial charge in [-0.05, 0) is 198 Å². The van der Waals surface area contributed by atoms with Crippen molar-refractivity contribution < 1.29 is 98.7 Å². The quantitative estimate of drug-likeness (QED) is 0.0516. The van der Waals surface area contributed by atoms with E-state index in [0.717, 1.165) is 44.2 Å². The molecule has 4 aliphatic heterocycles. The van der Waals surface area contributed by atoms with Crippen LogP contribution in [0.15, 0.2) is 166 Å². The minimum Gasteiger partial charge on any atom is -0.480 e. The Hall–Kier alpha value is -11.6. The van der Waals surface area contributed by atoms with Crippen molar-refractivity contribution in [3.8, 4) is 0 Å². The normalized spacial score (nSPS) is 17.9. The Bertz CT molecular complexity index is 6340. The smallest absolute Gasteiger partial charge is 0.323 e. The summed E-state index contributed by atoms with van der Waals surface area (Å²) in [6, 6.07) is 29.9. The van der Waals surface area contributed by atoms with Crippen molar-refractivity contribution in [3.05, 3.63) is 247 Å². The number of aromatic nitrogens is 11. The molecule has 5 aromatic carbocycles. The van der Waals surface area contributed by atoms with Gasteiger partial charge in [-0.25, -0.2) is 69.8 Å². The Morgan fingerprint density at radius 2 is 0.866 bits per heavy atom. The number of hydrogen-bond acceptors (Lipinski definition) is 16. The van der Waals surface area contributed by atoms with E-state index in [1.807, 2.05) is 11.5 Å². The molecule has 0 spiro atoms. The lowest BCUT2D eigenvalue weighted by atomic mass is 9.97.